The highest BCUT2D eigenvalue weighted by Gasteiger charge is 2.11. The number of ether oxygens (including phenoxy) is 1. The molecule has 5 nitrogen and oxygen atoms in total. The molecule has 0 aromatic heterocycles. The van der Waals surface area contributed by atoms with Gasteiger partial charge in [-0.05, 0) is 30.5 Å². The van der Waals surface area contributed by atoms with Gasteiger partial charge in [0.25, 0.3) is 0 Å². The first-order valence-electron chi connectivity index (χ1n) is 5.60. The van der Waals surface area contributed by atoms with Crippen molar-refractivity contribution in [2.45, 2.75) is 6.92 Å². The van der Waals surface area contributed by atoms with E-state index in [0.29, 0.717) is 11.1 Å². The average Bonchev–Trinajstić information content (AvgIpc) is 2.36. The number of phenolic OH excluding ortho intramolecular Hbond substituents is 1. The second-order valence-corrected chi connectivity index (χ2v) is 4.08. The molecule has 0 radical (unpaired) electrons. The number of hydrogen-bond acceptors (Lipinski definition) is 4. The highest BCUT2D eigenvalue weighted by Crippen LogP contribution is 2.31. The van der Waals surface area contributed by atoms with E-state index in [-0.39, 0.29) is 17.1 Å². The number of aromatic hydroxyl groups is 1. The summed E-state index contributed by atoms with van der Waals surface area (Å²) in [5, 5.41) is 19.8. The fourth-order valence-corrected chi connectivity index (χ4v) is 1.80. The smallest absolute Gasteiger partial charge is 0.341 e. The predicted octanol–water partition coefficient (Wildman–Crippen LogP) is 2.21. The van der Waals surface area contributed by atoms with Gasteiger partial charge in [-0.3, -0.25) is 4.79 Å². The zero-order valence-electron chi connectivity index (χ0n) is 10.2. The average molecular weight is 260 g/mol. The second kappa shape index (κ2) is 4.97. The van der Waals surface area contributed by atoms with Crippen LogP contribution in [0.3, 0.4) is 0 Å². The van der Waals surface area contributed by atoms with Gasteiger partial charge in [0.15, 0.2) is 12.4 Å². The van der Waals surface area contributed by atoms with Crippen molar-refractivity contribution in [2.24, 2.45) is 0 Å². The highest BCUT2D eigenvalue weighted by molar-refractivity contribution is 6.03. The van der Waals surface area contributed by atoms with Crippen LogP contribution in [0.5, 0.6) is 11.5 Å². The SMILES string of the molecule is CC(=O)c1ccc2ccc(OCC(=O)O)cc2c1O. The summed E-state index contributed by atoms with van der Waals surface area (Å²) in [6, 6.07) is 8.08. The normalized spacial score (nSPS) is 10.4. The Bertz CT molecular complexity index is 660. The number of carboxylic acids is 1. The summed E-state index contributed by atoms with van der Waals surface area (Å²) in [5.74, 6) is -1.12. The number of aliphatic carboxylic acids is 1. The van der Waals surface area contributed by atoms with Gasteiger partial charge in [0.2, 0.25) is 0 Å². The summed E-state index contributed by atoms with van der Waals surface area (Å²) in [5.41, 5.74) is 0.225. The lowest BCUT2D eigenvalue weighted by Gasteiger charge is -2.08. The lowest BCUT2D eigenvalue weighted by molar-refractivity contribution is -0.139. The summed E-state index contributed by atoms with van der Waals surface area (Å²) >= 11 is 0. The largest absolute Gasteiger partial charge is 0.507 e. The highest BCUT2D eigenvalue weighted by atomic mass is 16.5. The van der Waals surface area contributed by atoms with Crippen LogP contribution in [0, 0.1) is 0 Å². The Balaban J connectivity index is 2.47. The number of ketones is 1. The van der Waals surface area contributed by atoms with Crippen LogP contribution in [-0.2, 0) is 4.79 Å². The Labute approximate surface area is 109 Å². The molecule has 0 unspecified atom stereocenters. The molecular weight excluding hydrogens is 248 g/mol. The zero-order chi connectivity index (χ0) is 14.0. The minimum Gasteiger partial charge on any atom is -0.507 e. The Morgan fingerprint density at radius 3 is 2.53 bits per heavy atom. The van der Waals surface area contributed by atoms with Gasteiger partial charge in [-0.25, -0.2) is 4.79 Å². The molecule has 0 atom stereocenters. The van der Waals surface area contributed by atoms with Crippen molar-refractivity contribution >= 4 is 22.5 Å². The Morgan fingerprint density at radius 2 is 1.89 bits per heavy atom. The molecule has 0 saturated heterocycles. The number of carbonyl (C=O) groups is 2. The number of Topliss-reactive ketones (excluding diaryl/α,β-unsaturated/α-hetero) is 1. The molecule has 0 heterocycles. The molecule has 0 fully saturated rings. The van der Waals surface area contributed by atoms with Gasteiger partial charge >= 0.3 is 5.97 Å². The first kappa shape index (κ1) is 12.9. The fourth-order valence-electron chi connectivity index (χ4n) is 1.80. The number of carboxylic acid groups (broad SMARTS) is 1. The first-order chi connectivity index (χ1) is 8.99. The van der Waals surface area contributed by atoms with E-state index in [9.17, 15) is 14.7 Å². The van der Waals surface area contributed by atoms with Gasteiger partial charge < -0.3 is 14.9 Å². The number of phenols is 1. The van der Waals surface area contributed by atoms with Crippen LogP contribution in [0.1, 0.15) is 17.3 Å². The van der Waals surface area contributed by atoms with E-state index < -0.39 is 12.6 Å². The minimum atomic E-state index is -1.08. The second-order valence-electron chi connectivity index (χ2n) is 4.08. The summed E-state index contributed by atoms with van der Waals surface area (Å²) in [6.45, 7) is 0.907. The van der Waals surface area contributed by atoms with Crippen LogP contribution in [0.25, 0.3) is 10.8 Å². The topological polar surface area (TPSA) is 83.8 Å². The van der Waals surface area contributed by atoms with E-state index >= 15 is 0 Å². The standard InChI is InChI=1S/C14H12O5/c1-8(15)11-5-3-9-2-4-10(19-7-13(16)17)6-12(9)14(11)18/h2-6,18H,7H2,1H3,(H,16,17). The van der Waals surface area contributed by atoms with Crippen molar-refractivity contribution in [3.63, 3.8) is 0 Å². The van der Waals surface area contributed by atoms with Crippen molar-refractivity contribution in [3.05, 3.63) is 35.9 Å². The van der Waals surface area contributed by atoms with Gasteiger partial charge in [0.1, 0.15) is 11.5 Å². The zero-order valence-corrected chi connectivity index (χ0v) is 10.2. The monoisotopic (exact) mass is 260 g/mol. The first-order valence-corrected chi connectivity index (χ1v) is 5.60. The molecule has 0 spiro atoms. The van der Waals surface area contributed by atoms with Crippen LogP contribution < -0.4 is 4.74 Å². The Morgan fingerprint density at radius 1 is 1.21 bits per heavy atom. The number of carbonyl (C=O) groups excluding carboxylic acids is 1. The predicted molar refractivity (Wildman–Crippen MR) is 68.7 cm³/mol. The van der Waals surface area contributed by atoms with Crippen LogP contribution in [0.15, 0.2) is 30.3 Å². The van der Waals surface area contributed by atoms with Gasteiger partial charge in [0.05, 0.1) is 5.56 Å². The molecule has 5 heteroatoms. The van der Waals surface area contributed by atoms with Gasteiger partial charge in [-0.2, -0.15) is 0 Å². The third kappa shape index (κ3) is 2.65. The molecule has 19 heavy (non-hydrogen) atoms. The maximum Gasteiger partial charge on any atom is 0.341 e. The van der Waals surface area contributed by atoms with Crippen molar-refractivity contribution in [2.75, 3.05) is 6.61 Å². The molecule has 0 bridgehead atoms. The molecule has 2 aromatic rings. The molecule has 0 aliphatic carbocycles. The van der Waals surface area contributed by atoms with E-state index in [0.717, 1.165) is 5.39 Å². The Hall–Kier alpha value is -2.56. The molecule has 2 aromatic carbocycles. The summed E-state index contributed by atoms with van der Waals surface area (Å²) in [7, 11) is 0. The third-order valence-corrected chi connectivity index (χ3v) is 2.71. The van der Waals surface area contributed by atoms with Crippen molar-refractivity contribution in [3.8, 4) is 11.5 Å². The molecule has 0 amide bonds. The van der Waals surface area contributed by atoms with Crippen molar-refractivity contribution in [1.82, 2.24) is 0 Å². The van der Waals surface area contributed by atoms with Gasteiger partial charge in [-0.15, -0.1) is 0 Å². The summed E-state index contributed by atoms with van der Waals surface area (Å²) in [6.07, 6.45) is 0. The minimum absolute atomic E-state index is 0.120. The van der Waals surface area contributed by atoms with E-state index in [2.05, 4.69) is 0 Å². The quantitative estimate of drug-likeness (QED) is 0.823. The van der Waals surface area contributed by atoms with Gasteiger partial charge in [0, 0.05) is 5.39 Å². The van der Waals surface area contributed by atoms with E-state index in [1.807, 2.05) is 0 Å². The molecule has 2 N–H and O–H groups in total. The molecule has 2 rings (SSSR count). The molecule has 0 aliphatic heterocycles. The number of benzene rings is 2. The van der Waals surface area contributed by atoms with Crippen LogP contribution in [0.4, 0.5) is 0 Å². The summed E-state index contributed by atoms with van der Waals surface area (Å²) in [4.78, 5) is 21.8. The van der Waals surface area contributed by atoms with E-state index in [4.69, 9.17) is 9.84 Å². The lowest BCUT2D eigenvalue weighted by Crippen LogP contribution is -2.09. The number of fused-ring (bicyclic) bond motifs is 1. The van der Waals surface area contributed by atoms with E-state index in [1.54, 1.807) is 24.3 Å². The van der Waals surface area contributed by atoms with Crippen LogP contribution in [-0.4, -0.2) is 28.6 Å². The maximum absolute atomic E-state index is 11.3. The molecule has 98 valence electrons. The van der Waals surface area contributed by atoms with Crippen LogP contribution >= 0.6 is 0 Å². The fraction of sp³-hybridized carbons (Fsp3) is 0.143. The van der Waals surface area contributed by atoms with Crippen molar-refractivity contribution in [1.29, 1.82) is 0 Å². The third-order valence-electron chi connectivity index (χ3n) is 2.71. The Kier molecular flexibility index (Phi) is 3.37. The van der Waals surface area contributed by atoms with Crippen molar-refractivity contribution < 1.29 is 24.5 Å². The number of rotatable bonds is 4. The molecular formula is C14H12O5. The lowest BCUT2D eigenvalue weighted by atomic mass is 10.0. The number of hydrogen-bond donors (Lipinski definition) is 2. The van der Waals surface area contributed by atoms with Gasteiger partial charge in [-0.1, -0.05) is 12.1 Å². The molecule has 0 saturated carbocycles. The maximum atomic E-state index is 11.3. The summed E-state index contributed by atoms with van der Waals surface area (Å²) < 4.78 is 5.04. The van der Waals surface area contributed by atoms with E-state index in [1.165, 1.54) is 13.0 Å². The van der Waals surface area contributed by atoms with Crippen LogP contribution in [0.2, 0.25) is 0 Å². The molecule has 0 aliphatic rings.